The van der Waals surface area contributed by atoms with Gasteiger partial charge in [0.1, 0.15) is 0 Å². The van der Waals surface area contributed by atoms with Crippen molar-refractivity contribution in [3.05, 3.63) is 66.2 Å². The summed E-state index contributed by atoms with van der Waals surface area (Å²) in [5.41, 5.74) is 2.40. The first-order valence-electron chi connectivity index (χ1n) is 9.04. The second-order valence-corrected chi connectivity index (χ2v) is 6.68. The van der Waals surface area contributed by atoms with Crippen molar-refractivity contribution in [2.75, 3.05) is 31.1 Å². The Bertz CT molecular complexity index is 666. The summed E-state index contributed by atoms with van der Waals surface area (Å²) in [4.78, 5) is 17.3. The van der Waals surface area contributed by atoms with Gasteiger partial charge in [-0.1, -0.05) is 48.5 Å². The molecule has 0 aromatic heterocycles. The lowest BCUT2D eigenvalue weighted by molar-refractivity contribution is -0.126. The van der Waals surface area contributed by atoms with Crippen molar-refractivity contribution >= 4 is 11.6 Å². The van der Waals surface area contributed by atoms with Gasteiger partial charge in [-0.15, -0.1) is 0 Å². The Labute approximate surface area is 150 Å². The Morgan fingerprint density at radius 1 is 0.880 bits per heavy atom. The maximum absolute atomic E-state index is 12.6. The van der Waals surface area contributed by atoms with E-state index in [9.17, 15) is 4.79 Å². The van der Waals surface area contributed by atoms with Crippen molar-refractivity contribution < 1.29 is 4.79 Å². The molecule has 2 aromatic carbocycles. The average molecular weight is 337 g/mol. The number of rotatable bonds is 5. The number of hydrogen-bond acceptors (Lipinski definition) is 3. The van der Waals surface area contributed by atoms with Crippen LogP contribution < -0.4 is 10.2 Å². The molecule has 1 aliphatic heterocycles. The van der Waals surface area contributed by atoms with E-state index in [1.54, 1.807) is 0 Å². The third-order valence-electron chi connectivity index (χ3n) is 5.02. The molecule has 1 aliphatic rings. The fraction of sp³-hybridized carbons (Fsp3) is 0.381. The van der Waals surface area contributed by atoms with Crippen LogP contribution in [0.25, 0.3) is 0 Å². The fourth-order valence-electron chi connectivity index (χ4n) is 3.33. The van der Waals surface area contributed by atoms with Crippen LogP contribution in [0.3, 0.4) is 0 Å². The molecule has 0 bridgehead atoms. The molecule has 3 rings (SSSR count). The van der Waals surface area contributed by atoms with Crippen LogP contribution in [0.4, 0.5) is 5.69 Å². The summed E-state index contributed by atoms with van der Waals surface area (Å²) in [5, 5.41) is 3.14. The van der Waals surface area contributed by atoms with Gasteiger partial charge >= 0.3 is 0 Å². The van der Waals surface area contributed by atoms with E-state index >= 15 is 0 Å². The molecule has 0 unspecified atom stereocenters. The molecule has 132 valence electrons. The van der Waals surface area contributed by atoms with Gasteiger partial charge in [-0.05, 0) is 31.5 Å². The van der Waals surface area contributed by atoms with Crippen molar-refractivity contribution in [3.8, 4) is 0 Å². The first-order chi connectivity index (χ1) is 12.1. The van der Waals surface area contributed by atoms with E-state index in [4.69, 9.17) is 0 Å². The van der Waals surface area contributed by atoms with Crippen molar-refractivity contribution in [3.63, 3.8) is 0 Å². The monoisotopic (exact) mass is 337 g/mol. The summed E-state index contributed by atoms with van der Waals surface area (Å²) in [6.45, 7) is 7.76. The maximum atomic E-state index is 12.6. The Kier molecular flexibility index (Phi) is 5.71. The molecule has 1 saturated heterocycles. The normalized spacial score (nSPS) is 17.8. The highest BCUT2D eigenvalue weighted by Gasteiger charge is 2.26. The molecule has 0 saturated carbocycles. The number of anilines is 1. The number of para-hydroxylation sites is 1. The van der Waals surface area contributed by atoms with Crippen LogP contribution in [0.15, 0.2) is 60.7 Å². The summed E-state index contributed by atoms with van der Waals surface area (Å²) >= 11 is 0. The second kappa shape index (κ2) is 8.17. The molecule has 4 heteroatoms. The number of amides is 1. The standard InChI is InChI=1S/C21H27N3O/c1-17(19-9-5-3-6-10-19)22-21(25)18(2)23-13-15-24(16-14-23)20-11-7-4-8-12-20/h3-12,17-18H,13-16H2,1-2H3,(H,22,25)/t17-,18-/m0/s1. The third kappa shape index (κ3) is 4.40. The molecule has 1 fully saturated rings. The molecule has 0 radical (unpaired) electrons. The number of nitrogens with zero attached hydrogens (tertiary/aromatic N) is 2. The van der Waals surface area contributed by atoms with Crippen LogP contribution in [-0.4, -0.2) is 43.0 Å². The Hall–Kier alpha value is -2.33. The highest BCUT2D eigenvalue weighted by molar-refractivity contribution is 5.81. The number of nitrogens with one attached hydrogen (secondary N) is 1. The Balaban J connectivity index is 1.52. The summed E-state index contributed by atoms with van der Waals surface area (Å²) in [5.74, 6) is 0.101. The topological polar surface area (TPSA) is 35.6 Å². The smallest absolute Gasteiger partial charge is 0.237 e. The van der Waals surface area contributed by atoms with Gasteiger partial charge < -0.3 is 10.2 Å². The zero-order valence-corrected chi connectivity index (χ0v) is 15.1. The summed E-state index contributed by atoms with van der Waals surface area (Å²) in [6.07, 6.45) is 0. The molecule has 1 N–H and O–H groups in total. The van der Waals surface area contributed by atoms with Crippen LogP contribution in [-0.2, 0) is 4.79 Å². The van der Waals surface area contributed by atoms with Crippen molar-refractivity contribution in [2.45, 2.75) is 25.9 Å². The highest BCUT2D eigenvalue weighted by Crippen LogP contribution is 2.17. The minimum Gasteiger partial charge on any atom is -0.369 e. The lowest BCUT2D eigenvalue weighted by Crippen LogP contribution is -2.54. The minimum atomic E-state index is -0.107. The Morgan fingerprint density at radius 3 is 2.04 bits per heavy atom. The Morgan fingerprint density at radius 2 is 1.44 bits per heavy atom. The van der Waals surface area contributed by atoms with Gasteiger partial charge in [0.25, 0.3) is 0 Å². The first kappa shape index (κ1) is 17.5. The highest BCUT2D eigenvalue weighted by atomic mass is 16.2. The second-order valence-electron chi connectivity index (χ2n) is 6.68. The van der Waals surface area contributed by atoms with Gasteiger partial charge in [0.15, 0.2) is 0 Å². The maximum Gasteiger partial charge on any atom is 0.237 e. The number of carbonyl (C=O) groups excluding carboxylic acids is 1. The van der Waals surface area contributed by atoms with Gasteiger partial charge in [0, 0.05) is 31.9 Å². The van der Waals surface area contributed by atoms with E-state index in [2.05, 4.69) is 39.4 Å². The average Bonchev–Trinajstić information content (AvgIpc) is 2.69. The third-order valence-corrected chi connectivity index (χ3v) is 5.02. The van der Waals surface area contributed by atoms with Crippen molar-refractivity contribution in [1.82, 2.24) is 10.2 Å². The van der Waals surface area contributed by atoms with Gasteiger partial charge in [0.2, 0.25) is 5.91 Å². The molecule has 2 atom stereocenters. The number of piperazine rings is 1. The lowest BCUT2D eigenvalue weighted by Gasteiger charge is -2.38. The van der Waals surface area contributed by atoms with Gasteiger partial charge in [-0.3, -0.25) is 9.69 Å². The van der Waals surface area contributed by atoms with E-state index in [1.165, 1.54) is 5.69 Å². The SMILES string of the molecule is C[C@H](NC(=O)[C@H](C)N1CCN(c2ccccc2)CC1)c1ccccc1. The lowest BCUT2D eigenvalue weighted by atomic mass is 10.1. The molecular weight excluding hydrogens is 310 g/mol. The molecule has 2 aromatic rings. The van der Waals surface area contributed by atoms with E-state index in [0.717, 1.165) is 31.7 Å². The molecule has 1 heterocycles. The fourth-order valence-corrected chi connectivity index (χ4v) is 3.33. The van der Waals surface area contributed by atoms with E-state index in [-0.39, 0.29) is 18.0 Å². The molecular formula is C21H27N3O. The van der Waals surface area contributed by atoms with Crippen LogP contribution in [0.2, 0.25) is 0 Å². The summed E-state index contributed by atoms with van der Waals surface area (Å²) in [6, 6.07) is 20.5. The number of hydrogen-bond donors (Lipinski definition) is 1. The van der Waals surface area contributed by atoms with Crippen LogP contribution in [0.1, 0.15) is 25.5 Å². The molecule has 0 aliphatic carbocycles. The predicted molar refractivity (Wildman–Crippen MR) is 103 cm³/mol. The number of carbonyl (C=O) groups is 1. The predicted octanol–water partition coefficient (Wildman–Crippen LogP) is 3.07. The van der Waals surface area contributed by atoms with Gasteiger partial charge in [-0.2, -0.15) is 0 Å². The van der Waals surface area contributed by atoms with Crippen LogP contribution in [0, 0.1) is 0 Å². The number of benzene rings is 2. The van der Waals surface area contributed by atoms with Crippen LogP contribution >= 0.6 is 0 Å². The van der Waals surface area contributed by atoms with E-state index < -0.39 is 0 Å². The van der Waals surface area contributed by atoms with E-state index in [1.807, 2.05) is 50.2 Å². The molecule has 0 spiro atoms. The quantitative estimate of drug-likeness (QED) is 0.911. The van der Waals surface area contributed by atoms with Crippen molar-refractivity contribution in [2.24, 2.45) is 0 Å². The largest absolute Gasteiger partial charge is 0.369 e. The van der Waals surface area contributed by atoms with Gasteiger partial charge in [0.05, 0.1) is 12.1 Å². The van der Waals surface area contributed by atoms with Gasteiger partial charge in [-0.25, -0.2) is 0 Å². The van der Waals surface area contributed by atoms with E-state index in [0.29, 0.717) is 0 Å². The molecule has 4 nitrogen and oxygen atoms in total. The summed E-state index contributed by atoms with van der Waals surface area (Å²) < 4.78 is 0. The minimum absolute atomic E-state index is 0.0294. The van der Waals surface area contributed by atoms with Crippen LogP contribution in [0.5, 0.6) is 0 Å². The molecule has 25 heavy (non-hydrogen) atoms. The zero-order chi connectivity index (χ0) is 17.6. The van der Waals surface area contributed by atoms with Crippen molar-refractivity contribution in [1.29, 1.82) is 0 Å². The molecule has 1 amide bonds. The zero-order valence-electron chi connectivity index (χ0n) is 15.1. The summed E-state index contributed by atoms with van der Waals surface area (Å²) in [7, 11) is 0. The first-order valence-corrected chi connectivity index (χ1v) is 9.04.